The predicted molar refractivity (Wildman–Crippen MR) is 101 cm³/mol. The van der Waals surface area contributed by atoms with E-state index >= 15 is 0 Å². The summed E-state index contributed by atoms with van der Waals surface area (Å²) in [5.41, 5.74) is 0.789. The zero-order valence-corrected chi connectivity index (χ0v) is 16.7. The molecule has 26 heavy (non-hydrogen) atoms. The minimum atomic E-state index is -3.49. The molecule has 8 heteroatoms. The van der Waals surface area contributed by atoms with Gasteiger partial charge < -0.3 is 10.6 Å². The molecule has 0 radical (unpaired) electrons. The quantitative estimate of drug-likeness (QED) is 0.644. The van der Waals surface area contributed by atoms with Crippen molar-refractivity contribution in [3.8, 4) is 0 Å². The Kier molecular flexibility index (Phi) is 8.74. The molecule has 0 heterocycles. The summed E-state index contributed by atoms with van der Waals surface area (Å²) in [5.74, 6) is -0.442. The summed E-state index contributed by atoms with van der Waals surface area (Å²) in [6, 6.07) is 6.19. The van der Waals surface area contributed by atoms with E-state index in [1.807, 2.05) is 6.92 Å². The molecule has 0 saturated carbocycles. The SMILES string of the molecule is CCCC(=O)NCC(=O)NC(C)c1ccc(S(=O)(=O)N(CC)CC)cc1. The summed E-state index contributed by atoms with van der Waals surface area (Å²) in [7, 11) is -3.49. The lowest BCUT2D eigenvalue weighted by atomic mass is 10.1. The third-order valence-electron chi connectivity index (χ3n) is 4.02. The van der Waals surface area contributed by atoms with Crippen LogP contribution in [-0.2, 0) is 19.6 Å². The van der Waals surface area contributed by atoms with E-state index in [4.69, 9.17) is 0 Å². The Morgan fingerprint density at radius 1 is 1.04 bits per heavy atom. The normalized spacial score (nSPS) is 12.7. The van der Waals surface area contributed by atoms with Crippen molar-refractivity contribution in [2.24, 2.45) is 0 Å². The van der Waals surface area contributed by atoms with Crippen LogP contribution in [0.15, 0.2) is 29.2 Å². The largest absolute Gasteiger partial charge is 0.348 e. The minimum absolute atomic E-state index is 0.0718. The summed E-state index contributed by atoms with van der Waals surface area (Å²) < 4.78 is 26.3. The first-order valence-corrected chi connectivity index (χ1v) is 10.4. The lowest BCUT2D eigenvalue weighted by Gasteiger charge is -2.19. The van der Waals surface area contributed by atoms with Crippen molar-refractivity contribution >= 4 is 21.8 Å². The average Bonchev–Trinajstić information content (AvgIpc) is 2.61. The number of sulfonamides is 1. The van der Waals surface area contributed by atoms with Gasteiger partial charge in [-0.3, -0.25) is 9.59 Å². The van der Waals surface area contributed by atoms with Crippen LogP contribution in [0.25, 0.3) is 0 Å². The molecule has 2 amide bonds. The number of amides is 2. The molecule has 1 atom stereocenters. The van der Waals surface area contributed by atoms with Crippen molar-refractivity contribution in [3.05, 3.63) is 29.8 Å². The Balaban J connectivity index is 2.70. The van der Waals surface area contributed by atoms with Crippen molar-refractivity contribution in [1.82, 2.24) is 14.9 Å². The van der Waals surface area contributed by atoms with Crippen LogP contribution in [-0.4, -0.2) is 44.2 Å². The number of benzene rings is 1. The van der Waals surface area contributed by atoms with Crippen LogP contribution >= 0.6 is 0 Å². The number of rotatable bonds is 10. The second kappa shape index (κ2) is 10.3. The van der Waals surface area contributed by atoms with Gasteiger partial charge in [0.05, 0.1) is 17.5 Å². The van der Waals surface area contributed by atoms with Gasteiger partial charge >= 0.3 is 0 Å². The fourth-order valence-electron chi connectivity index (χ4n) is 2.51. The third kappa shape index (κ3) is 6.10. The fraction of sp³-hybridized carbons (Fsp3) is 0.556. The molecule has 0 bridgehead atoms. The first kappa shape index (κ1) is 22.1. The van der Waals surface area contributed by atoms with Gasteiger partial charge in [-0.2, -0.15) is 4.31 Å². The maximum absolute atomic E-state index is 12.5. The van der Waals surface area contributed by atoms with Crippen LogP contribution in [0, 0.1) is 0 Å². The molecular weight excluding hydrogens is 354 g/mol. The van der Waals surface area contributed by atoms with Crippen LogP contribution in [0.3, 0.4) is 0 Å². The van der Waals surface area contributed by atoms with Crippen LogP contribution in [0.2, 0.25) is 0 Å². The van der Waals surface area contributed by atoms with E-state index in [9.17, 15) is 18.0 Å². The van der Waals surface area contributed by atoms with E-state index in [0.717, 1.165) is 12.0 Å². The Morgan fingerprint density at radius 2 is 1.62 bits per heavy atom. The van der Waals surface area contributed by atoms with Gasteiger partial charge in [-0.05, 0) is 31.0 Å². The molecule has 0 saturated heterocycles. The lowest BCUT2D eigenvalue weighted by Crippen LogP contribution is -2.37. The molecule has 0 aliphatic rings. The molecule has 2 N–H and O–H groups in total. The molecule has 1 rings (SSSR count). The Labute approximate surface area is 156 Å². The number of carbonyl (C=O) groups is 2. The van der Waals surface area contributed by atoms with Crippen LogP contribution < -0.4 is 10.6 Å². The highest BCUT2D eigenvalue weighted by molar-refractivity contribution is 7.89. The lowest BCUT2D eigenvalue weighted by molar-refractivity contribution is -0.126. The molecule has 0 aromatic heterocycles. The van der Waals surface area contributed by atoms with Gasteiger partial charge in [0.15, 0.2) is 0 Å². The second-order valence-electron chi connectivity index (χ2n) is 5.97. The highest BCUT2D eigenvalue weighted by Gasteiger charge is 2.21. The number of carbonyl (C=O) groups excluding carboxylic acids is 2. The maximum atomic E-state index is 12.5. The summed E-state index contributed by atoms with van der Waals surface area (Å²) in [6.07, 6.45) is 1.12. The van der Waals surface area contributed by atoms with Crippen LogP contribution in [0.5, 0.6) is 0 Å². The third-order valence-corrected chi connectivity index (χ3v) is 6.09. The number of nitrogens with one attached hydrogen (secondary N) is 2. The van der Waals surface area contributed by atoms with Crippen molar-refractivity contribution in [2.75, 3.05) is 19.6 Å². The first-order valence-electron chi connectivity index (χ1n) is 8.92. The molecule has 0 spiro atoms. The molecule has 0 aliphatic heterocycles. The van der Waals surface area contributed by atoms with Gasteiger partial charge in [0.25, 0.3) is 0 Å². The Morgan fingerprint density at radius 3 is 2.12 bits per heavy atom. The summed E-state index contributed by atoms with van der Waals surface area (Å²) in [6.45, 7) is 8.05. The number of nitrogens with zero attached hydrogens (tertiary/aromatic N) is 1. The highest BCUT2D eigenvalue weighted by Crippen LogP contribution is 2.19. The average molecular weight is 384 g/mol. The monoisotopic (exact) mass is 383 g/mol. The smallest absolute Gasteiger partial charge is 0.243 e. The highest BCUT2D eigenvalue weighted by atomic mass is 32.2. The number of hydrogen-bond acceptors (Lipinski definition) is 4. The van der Waals surface area contributed by atoms with E-state index in [0.29, 0.717) is 19.5 Å². The summed E-state index contributed by atoms with van der Waals surface area (Å²) in [5, 5.41) is 5.34. The van der Waals surface area contributed by atoms with Crippen molar-refractivity contribution in [3.63, 3.8) is 0 Å². The van der Waals surface area contributed by atoms with Gasteiger partial charge in [0.1, 0.15) is 0 Å². The molecule has 146 valence electrons. The van der Waals surface area contributed by atoms with Crippen molar-refractivity contribution in [1.29, 1.82) is 0 Å². The molecule has 0 aliphatic carbocycles. The second-order valence-corrected chi connectivity index (χ2v) is 7.91. The van der Waals surface area contributed by atoms with Gasteiger partial charge in [-0.25, -0.2) is 8.42 Å². The summed E-state index contributed by atoms with van der Waals surface area (Å²) in [4.78, 5) is 23.5. The van der Waals surface area contributed by atoms with Gasteiger partial charge in [0, 0.05) is 19.5 Å². The predicted octanol–water partition coefficient (Wildman–Crippen LogP) is 1.81. The zero-order valence-electron chi connectivity index (χ0n) is 15.9. The molecule has 1 aromatic rings. The topological polar surface area (TPSA) is 95.6 Å². The first-order chi connectivity index (χ1) is 12.3. The molecular formula is C18H29N3O4S. The Hall–Kier alpha value is -1.93. The summed E-state index contributed by atoms with van der Waals surface area (Å²) >= 11 is 0. The van der Waals surface area contributed by atoms with E-state index in [1.165, 1.54) is 4.31 Å². The maximum Gasteiger partial charge on any atom is 0.243 e. The van der Waals surface area contributed by atoms with E-state index in [1.54, 1.807) is 45.0 Å². The molecule has 0 fully saturated rings. The van der Waals surface area contributed by atoms with E-state index in [-0.39, 0.29) is 29.3 Å². The van der Waals surface area contributed by atoms with Crippen molar-refractivity contribution in [2.45, 2.75) is 51.5 Å². The van der Waals surface area contributed by atoms with Gasteiger partial charge in [-0.1, -0.05) is 32.9 Å². The number of hydrogen-bond donors (Lipinski definition) is 2. The van der Waals surface area contributed by atoms with E-state index < -0.39 is 10.0 Å². The van der Waals surface area contributed by atoms with Crippen molar-refractivity contribution < 1.29 is 18.0 Å². The Bertz CT molecular complexity index is 698. The minimum Gasteiger partial charge on any atom is -0.348 e. The van der Waals surface area contributed by atoms with Crippen LogP contribution in [0.1, 0.15) is 52.1 Å². The molecule has 1 unspecified atom stereocenters. The standard InChI is InChI=1S/C18H29N3O4S/c1-5-8-17(22)19-13-18(23)20-14(4)15-9-11-16(12-10-15)26(24,25)21(6-2)7-3/h9-12,14H,5-8,13H2,1-4H3,(H,19,22)(H,20,23). The van der Waals surface area contributed by atoms with Crippen LogP contribution in [0.4, 0.5) is 0 Å². The fourth-order valence-corrected chi connectivity index (χ4v) is 3.97. The van der Waals surface area contributed by atoms with Gasteiger partial charge in [0.2, 0.25) is 21.8 Å². The molecule has 1 aromatic carbocycles. The molecule has 7 nitrogen and oxygen atoms in total. The van der Waals surface area contributed by atoms with Gasteiger partial charge in [-0.15, -0.1) is 0 Å². The van der Waals surface area contributed by atoms with E-state index in [2.05, 4.69) is 10.6 Å². The zero-order chi connectivity index (χ0) is 19.7.